The summed E-state index contributed by atoms with van der Waals surface area (Å²) in [6, 6.07) is 12.2. The molecule has 0 spiro atoms. The van der Waals surface area contributed by atoms with Crippen LogP contribution >= 0.6 is 0 Å². The van der Waals surface area contributed by atoms with E-state index in [9.17, 15) is 33.5 Å². The molecule has 16 heteroatoms. The number of aliphatic imine (C=N–C) groups is 1. The standard InChI is InChI=1S/C37H50FN9O6/c1-21(2)17-29(34(51)44-28(32(40)49)11-6-16-43-37(41)42)46-36(53)31(19-24-9-5-8-23-7-3-4-10-26(23)24)47-35(52)30(45-33(50)27(39)20-48)18-22-12-14-25(38)15-13-22/h3-5,7-10,12-15,21,27-31,48H,6,11,16-20,39H2,1-2H3,(H2,40,49)(H,44,51)(H,45,50)(H,46,53)(H,47,52)(H4,41,42,43)/t27-,28-,29-,30+,31+/m0/s1. The SMILES string of the molecule is CC(C)C[C@H](NC(=O)[C@@H](Cc1cccc2ccccc12)NC(=O)[C@@H](Cc1ccc(F)cc1)NC(=O)[C@@H](N)CO)C(=O)N[C@@H](CCCN=C(N)N)C(N)=O. The molecule has 13 N–H and O–H groups in total. The predicted molar refractivity (Wildman–Crippen MR) is 199 cm³/mol. The Labute approximate surface area is 307 Å². The van der Waals surface area contributed by atoms with Crippen LogP contribution in [0.25, 0.3) is 10.8 Å². The van der Waals surface area contributed by atoms with Gasteiger partial charge in [0.2, 0.25) is 29.5 Å². The summed E-state index contributed by atoms with van der Waals surface area (Å²) in [7, 11) is 0. The Morgan fingerprint density at radius 1 is 0.736 bits per heavy atom. The second kappa shape index (κ2) is 20.4. The number of guanidine groups is 1. The minimum atomic E-state index is -1.33. The van der Waals surface area contributed by atoms with Crippen molar-refractivity contribution in [3.63, 3.8) is 0 Å². The molecule has 0 unspecified atom stereocenters. The molecule has 0 aliphatic carbocycles. The molecular weight excluding hydrogens is 685 g/mol. The molecule has 0 aliphatic rings. The van der Waals surface area contributed by atoms with Gasteiger partial charge in [0.25, 0.3) is 0 Å². The van der Waals surface area contributed by atoms with Gasteiger partial charge in [-0.15, -0.1) is 0 Å². The van der Waals surface area contributed by atoms with Crippen LogP contribution in [0.1, 0.15) is 44.2 Å². The Balaban J connectivity index is 1.94. The van der Waals surface area contributed by atoms with E-state index in [1.807, 2.05) is 56.3 Å². The number of fused-ring (bicyclic) bond motifs is 1. The van der Waals surface area contributed by atoms with Crippen molar-refractivity contribution in [2.75, 3.05) is 13.2 Å². The van der Waals surface area contributed by atoms with Gasteiger partial charge in [0.05, 0.1) is 6.61 Å². The van der Waals surface area contributed by atoms with E-state index < -0.39 is 72.2 Å². The Hall–Kier alpha value is -5.61. The number of nitrogens with one attached hydrogen (secondary N) is 4. The number of rotatable bonds is 20. The van der Waals surface area contributed by atoms with Crippen LogP contribution in [0.15, 0.2) is 71.7 Å². The fourth-order valence-electron chi connectivity index (χ4n) is 5.64. The molecule has 0 aromatic heterocycles. The highest BCUT2D eigenvalue weighted by Gasteiger charge is 2.32. The first-order valence-corrected chi connectivity index (χ1v) is 17.3. The van der Waals surface area contributed by atoms with Gasteiger partial charge in [0, 0.05) is 19.4 Å². The maximum atomic E-state index is 14.2. The molecule has 0 fully saturated rings. The van der Waals surface area contributed by atoms with Gasteiger partial charge in [-0.3, -0.25) is 29.0 Å². The van der Waals surface area contributed by atoms with Gasteiger partial charge in [0.15, 0.2) is 5.96 Å². The maximum Gasteiger partial charge on any atom is 0.243 e. The highest BCUT2D eigenvalue weighted by atomic mass is 19.1. The molecule has 5 atom stereocenters. The highest BCUT2D eigenvalue weighted by molar-refractivity contribution is 5.96. The number of amides is 5. The number of aliphatic hydroxyl groups excluding tert-OH is 1. The molecule has 0 heterocycles. The number of aliphatic hydroxyl groups is 1. The first kappa shape index (κ1) is 41.8. The first-order valence-electron chi connectivity index (χ1n) is 17.3. The van der Waals surface area contributed by atoms with Crippen LogP contribution in [0.4, 0.5) is 4.39 Å². The summed E-state index contributed by atoms with van der Waals surface area (Å²) >= 11 is 0. The first-order chi connectivity index (χ1) is 25.2. The average Bonchev–Trinajstić information content (AvgIpc) is 3.11. The molecule has 0 radical (unpaired) electrons. The summed E-state index contributed by atoms with van der Waals surface area (Å²) in [6.07, 6.45) is 0.534. The molecule has 286 valence electrons. The van der Waals surface area contributed by atoms with Crippen molar-refractivity contribution in [3.8, 4) is 0 Å². The van der Waals surface area contributed by atoms with Crippen LogP contribution in [-0.4, -0.2) is 84.0 Å². The van der Waals surface area contributed by atoms with E-state index in [4.69, 9.17) is 22.9 Å². The quantitative estimate of drug-likeness (QED) is 0.0415. The number of benzene rings is 3. The summed E-state index contributed by atoms with van der Waals surface area (Å²) in [5.41, 5.74) is 23.2. The fourth-order valence-corrected chi connectivity index (χ4v) is 5.64. The molecule has 15 nitrogen and oxygen atoms in total. The number of hydrogen-bond acceptors (Lipinski definition) is 8. The largest absolute Gasteiger partial charge is 0.394 e. The van der Waals surface area contributed by atoms with E-state index in [1.54, 1.807) is 0 Å². The number of hydrogen-bond donors (Lipinski definition) is 9. The normalized spacial score (nSPS) is 13.9. The lowest BCUT2D eigenvalue weighted by molar-refractivity contribution is -0.134. The van der Waals surface area contributed by atoms with E-state index in [0.29, 0.717) is 17.5 Å². The topological polar surface area (TPSA) is 270 Å². The molecule has 0 bridgehead atoms. The second-order valence-corrected chi connectivity index (χ2v) is 13.2. The van der Waals surface area contributed by atoms with Crippen LogP contribution in [0, 0.1) is 11.7 Å². The van der Waals surface area contributed by atoms with Crippen molar-refractivity contribution in [3.05, 3.63) is 83.7 Å². The molecule has 5 amide bonds. The van der Waals surface area contributed by atoms with Gasteiger partial charge < -0.3 is 49.3 Å². The lowest BCUT2D eigenvalue weighted by atomic mass is 9.96. The number of carbonyl (C=O) groups is 5. The zero-order chi connectivity index (χ0) is 39.1. The Morgan fingerprint density at radius 2 is 1.30 bits per heavy atom. The van der Waals surface area contributed by atoms with Crippen LogP contribution in [-0.2, 0) is 36.8 Å². The number of primary amides is 1. The zero-order valence-corrected chi connectivity index (χ0v) is 29.9. The number of nitrogens with two attached hydrogens (primary N) is 4. The van der Waals surface area contributed by atoms with E-state index in [0.717, 1.165) is 10.8 Å². The zero-order valence-electron chi connectivity index (χ0n) is 29.9. The van der Waals surface area contributed by atoms with Gasteiger partial charge in [-0.05, 0) is 59.2 Å². The van der Waals surface area contributed by atoms with Crippen LogP contribution in [0.2, 0.25) is 0 Å². The average molecular weight is 736 g/mol. The Kier molecular flexibility index (Phi) is 16.1. The summed E-state index contributed by atoms with van der Waals surface area (Å²) < 4.78 is 13.7. The lowest BCUT2D eigenvalue weighted by Gasteiger charge is -2.27. The maximum absolute atomic E-state index is 14.2. The van der Waals surface area contributed by atoms with E-state index in [1.165, 1.54) is 24.3 Å². The third-order valence-electron chi connectivity index (χ3n) is 8.40. The third kappa shape index (κ3) is 13.5. The molecule has 53 heavy (non-hydrogen) atoms. The van der Waals surface area contributed by atoms with E-state index in [-0.39, 0.29) is 44.1 Å². The molecule has 0 saturated carbocycles. The van der Waals surface area contributed by atoms with Gasteiger partial charge in [-0.2, -0.15) is 0 Å². The van der Waals surface area contributed by atoms with Crippen molar-refractivity contribution in [2.45, 2.75) is 76.2 Å². The summed E-state index contributed by atoms with van der Waals surface area (Å²) in [4.78, 5) is 70.6. The van der Waals surface area contributed by atoms with Gasteiger partial charge in [0.1, 0.15) is 36.0 Å². The van der Waals surface area contributed by atoms with E-state index >= 15 is 0 Å². The summed E-state index contributed by atoms with van der Waals surface area (Å²) in [5, 5.41) is 21.8. The smallest absolute Gasteiger partial charge is 0.243 e. The summed E-state index contributed by atoms with van der Waals surface area (Å²) in [6.45, 7) is 3.22. The lowest BCUT2D eigenvalue weighted by Crippen LogP contribution is -2.59. The van der Waals surface area contributed by atoms with E-state index in [2.05, 4.69) is 26.3 Å². The molecule has 3 aromatic rings. The highest BCUT2D eigenvalue weighted by Crippen LogP contribution is 2.20. The fraction of sp³-hybridized carbons (Fsp3) is 0.405. The molecule has 3 aromatic carbocycles. The van der Waals surface area contributed by atoms with Crippen molar-refractivity contribution in [1.29, 1.82) is 0 Å². The number of nitrogens with zero attached hydrogens (tertiary/aromatic N) is 1. The Morgan fingerprint density at radius 3 is 1.92 bits per heavy atom. The minimum Gasteiger partial charge on any atom is -0.394 e. The van der Waals surface area contributed by atoms with Crippen molar-refractivity contribution >= 4 is 46.3 Å². The monoisotopic (exact) mass is 735 g/mol. The van der Waals surface area contributed by atoms with Crippen molar-refractivity contribution in [2.24, 2.45) is 33.8 Å². The number of carbonyl (C=O) groups excluding carboxylic acids is 5. The predicted octanol–water partition coefficient (Wildman–Crippen LogP) is -0.392. The molecule has 0 saturated heterocycles. The second-order valence-electron chi connectivity index (χ2n) is 13.2. The minimum absolute atomic E-state index is 0.0168. The van der Waals surface area contributed by atoms with Crippen LogP contribution in [0.5, 0.6) is 0 Å². The van der Waals surface area contributed by atoms with Crippen LogP contribution in [0.3, 0.4) is 0 Å². The van der Waals surface area contributed by atoms with Crippen molar-refractivity contribution in [1.82, 2.24) is 21.3 Å². The third-order valence-corrected chi connectivity index (χ3v) is 8.40. The van der Waals surface area contributed by atoms with Gasteiger partial charge in [-0.1, -0.05) is 68.4 Å². The number of halogens is 1. The Bertz CT molecular complexity index is 1740. The summed E-state index contributed by atoms with van der Waals surface area (Å²) in [5.74, 6) is -4.45. The van der Waals surface area contributed by atoms with Gasteiger partial charge >= 0.3 is 0 Å². The molecular formula is C37H50FN9O6. The van der Waals surface area contributed by atoms with Crippen LogP contribution < -0.4 is 44.2 Å². The molecule has 3 rings (SSSR count). The molecule has 0 aliphatic heterocycles. The van der Waals surface area contributed by atoms with Gasteiger partial charge in [-0.25, -0.2) is 4.39 Å². The van der Waals surface area contributed by atoms with Crippen molar-refractivity contribution < 1.29 is 33.5 Å².